The van der Waals surface area contributed by atoms with Crippen LogP contribution in [0.1, 0.15) is 71.1 Å². The third kappa shape index (κ3) is 8.68. The van der Waals surface area contributed by atoms with Gasteiger partial charge in [0.05, 0.1) is 11.9 Å². The molecule has 19 heavy (non-hydrogen) atoms. The number of unbranched alkanes of at least 4 members (excludes halogenated alkanes) is 9. The number of aryl methyl sites for hydroxylation is 1. The maximum absolute atomic E-state index is 4.14. The SMILES string of the molecule is CCCCCCCCCCCCNc1cnn(C)c1. The Hall–Kier alpha value is -0.990. The number of hydrogen-bond acceptors (Lipinski definition) is 2. The van der Waals surface area contributed by atoms with Crippen molar-refractivity contribution < 1.29 is 0 Å². The highest BCUT2D eigenvalue weighted by molar-refractivity contribution is 5.37. The first kappa shape index (κ1) is 16.1. The van der Waals surface area contributed by atoms with E-state index in [4.69, 9.17) is 0 Å². The first-order chi connectivity index (χ1) is 9.33. The maximum Gasteiger partial charge on any atom is 0.0726 e. The van der Waals surface area contributed by atoms with Crippen LogP contribution < -0.4 is 5.32 Å². The zero-order valence-electron chi connectivity index (χ0n) is 12.8. The molecular weight excluding hydrogens is 234 g/mol. The highest BCUT2D eigenvalue weighted by Gasteiger charge is 1.95. The van der Waals surface area contributed by atoms with Crippen LogP contribution in [0.5, 0.6) is 0 Å². The fourth-order valence-electron chi connectivity index (χ4n) is 2.36. The molecular formula is C16H31N3. The Labute approximate surface area is 118 Å². The normalized spacial score (nSPS) is 10.8. The largest absolute Gasteiger partial charge is 0.383 e. The van der Waals surface area contributed by atoms with E-state index in [-0.39, 0.29) is 0 Å². The fraction of sp³-hybridized carbons (Fsp3) is 0.812. The summed E-state index contributed by atoms with van der Waals surface area (Å²) in [5.41, 5.74) is 1.14. The summed E-state index contributed by atoms with van der Waals surface area (Å²) in [6.07, 6.45) is 17.8. The van der Waals surface area contributed by atoms with E-state index in [9.17, 15) is 0 Å². The van der Waals surface area contributed by atoms with Crippen molar-refractivity contribution in [2.24, 2.45) is 7.05 Å². The van der Waals surface area contributed by atoms with Crippen LogP contribution in [0, 0.1) is 0 Å². The molecule has 3 heteroatoms. The minimum absolute atomic E-state index is 1.07. The molecule has 0 aliphatic rings. The second-order valence-corrected chi connectivity index (χ2v) is 5.51. The zero-order chi connectivity index (χ0) is 13.8. The van der Waals surface area contributed by atoms with Gasteiger partial charge in [-0.3, -0.25) is 4.68 Å². The van der Waals surface area contributed by atoms with E-state index in [1.54, 1.807) is 0 Å². The summed E-state index contributed by atoms with van der Waals surface area (Å²) in [5.74, 6) is 0. The summed E-state index contributed by atoms with van der Waals surface area (Å²) < 4.78 is 1.83. The van der Waals surface area contributed by atoms with E-state index >= 15 is 0 Å². The lowest BCUT2D eigenvalue weighted by molar-refractivity contribution is 0.560. The molecule has 0 bridgehead atoms. The van der Waals surface area contributed by atoms with E-state index in [0.29, 0.717) is 0 Å². The summed E-state index contributed by atoms with van der Waals surface area (Å²) in [6.45, 7) is 3.35. The van der Waals surface area contributed by atoms with Crippen LogP contribution in [0.3, 0.4) is 0 Å². The molecule has 0 atom stereocenters. The molecule has 0 saturated heterocycles. The zero-order valence-corrected chi connectivity index (χ0v) is 12.8. The molecule has 0 spiro atoms. The van der Waals surface area contributed by atoms with Crippen LogP contribution in [0.15, 0.2) is 12.4 Å². The molecule has 0 fully saturated rings. The lowest BCUT2D eigenvalue weighted by atomic mass is 10.1. The Kier molecular flexibility index (Phi) is 9.21. The van der Waals surface area contributed by atoms with E-state index in [1.807, 2.05) is 24.1 Å². The van der Waals surface area contributed by atoms with Crippen molar-refractivity contribution in [2.75, 3.05) is 11.9 Å². The average Bonchev–Trinajstić information content (AvgIpc) is 2.82. The van der Waals surface area contributed by atoms with Crippen molar-refractivity contribution >= 4 is 5.69 Å². The van der Waals surface area contributed by atoms with Gasteiger partial charge in [0, 0.05) is 19.8 Å². The molecule has 0 unspecified atom stereocenters. The monoisotopic (exact) mass is 265 g/mol. The van der Waals surface area contributed by atoms with Crippen molar-refractivity contribution in [3.63, 3.8) is 0 Å². The van der Waals surface area contributed by atoms with Gasteiger partial charge in [-0.2, -0.15) is 5.10 Å². The van der Waals surface area contributed by atoms with Gasteiger partial charge in [-0.25, -0.2) is 0 Å². The molecule has 1 heterocycles. The van der Waals surface area contributed by atoms with Crippen LogP contribution in [0.25, 0.3) is 0 Å². The average molecular weight is 265 g/mol. The Bertz CT molecular complexity index is 307. The van der Waals surface area contributed by atoms with Gasteiger partial charge in [-0.1, -0.05) is 64.7 Å². The van der Waals surface area contributed by atoms with Crippen LogP contribution in [-0.4, -0.2) is 16.3 Å². The molecule has 0 aliphatic carbocycles. The Balaban J connectivity index is 1.79. The summed E-state index contributed by atoms with van der Waals surface area (Å²) >= 11 is 0. The van der Waals surface area contributed by atoms with Gasteiger partial charge in [0.1, 0.15) is 0 Å². The first-order valence-corrected chi connectivity index (χ1v) is 8.05. The number of rotatable bonds is 12. The second kappa shape index (κ2) is 10.9. The summed E-state index contributed by atoms with van der Waals surface area (Å²) in [5, 5.41) is 7.55. The number of aromatic nitrogens is 2. The lowest BCUT2D eigenvalue weighted by Gasteiger charge is -2.04. The number of hydrogen-bond donors (Lipinski definition) is 1. The third-order valence-electron chi connectivity index (χ3n) is 3.56. The second-order valence-electron chi connectivity index (χ2n) is 5.51. The van der Waals surface area contributed by atoms with E-state index in [2.05, 4.69) is 17.3 Å². The third-order valence-corrected chi connectivity index (χ3v) is 3.56. The van der Waals surface area contributed by atoms with Crippen molar-refractivity contribution in [1.82, 2.24) is 9.78 Å². The van der Waals surface area contributed by atoms with Gasteiger partial charge in [-0.05, 0) is 6.42 Å². The molecule has 1 N–H and O–H groups in total. The molecule has 110 valence electrons. The minimum atomic E-state index is 1.07. The quantitative estimate of drug-likeness (QED) is 0.553. The van der Waals surface area contributed by atoms with Crippen molar-refractivity contribution in [3.8, 4) is 0 Å². The lowest BCUT2D eigenvalue weighted by Crippen LogP contribution is -2.00. The van der Waals surface area contributed by atoms with Crippen LogP contribution in [-0.2, 0) is 7.05 Å². The first-order valence-electron chi connectivity index (χ1n) is 8.05. The molecule has 0 aromatic carbocycles. The topological polar surface area (TPSA) is 29.9 Å². The van der Waals surface area contributed by atoms with E-state index in [0.717, 1.165) is 12.2 Å². The molecule has 0 amide bonds. The highest BCUT2D eigenvalue weighted by Crippen LogP contribution is 2.11. The van der Waals surface area contributed by atoms with Crippen molar-refractivity contribution in [3.05, 3.63) is 12.4 Å². The molecule has 1 rings (SSSR count). The number of nitrogens with zero attached hydrogens (tertiary/aromatic N) is 2. The van der Waals surface area contributed by atoms with Crippen LogP contribution in [0.4, 0.5) is 5.69 Å². The maximum atomic E-state index is 4.14. The molecule has 0 saturated carbocycles. The number of nitrogens with one attached hydrogen (secondary N) is 1. The van der Waals surface area contributed by atoms with E-state index in [1.165, 1.54) is 64.2 Å². The molecule has 1 aromatic rings. The van der Waals surface area contributed by atoms with Gasteiger partial charge in [0.15, 0.2) is 0 Å². The summed E-state index contributed by atoms with van der Waals surface area (Å²) in [4.78, 5) is 0. The predicted molar refractivity (Wildman–Crippen MR) is 83.5 cm³/mol. The Morgan fingerprint density at radius 2 is 1.53 bits per heavy atom. The van der Waals surface area contributed by atoms with Gasteiger partial charge < -0.3 is 5.32 Å². The van der Waals surface area contributed by atoms with Gasteiger partial charge in [0.2, 0.25) is 0 Å². The number of anilines is 1. The van der Waals surface area contributed by atoms with Gasteiger partial charge in [-0.15, -0.1) is 0 Å². The smallest absolute Gasteiger partial charge is 0.0726 e. The predicted octanol–water partition coefficient (Wildman–Crippen LogP) is 4.75. The van der Waals surface area contributed by atoms with Crippen molar-refractivity contribution in [2.45, 2.75) is 71.1 Å². The Morgan fingerprint density at radius 3 is 2.05 bits per heavy atom. The standard InChI is InChI=1S/C16H31N3/c1-3-4-5-6-7-8-9-10-11-12-13-17-16-14-18-19(2)15-16/h14-15,17H,3-13H2,1-2H3. The molecule has 1 aromatic heterocycles. The van der Waals surface area contributed by atoms with E-state index < -0.39 is 0 Å². The summed E-state index contributed by atoms with van der Waals surface area (Å²) in [7, 11) is 1.95. The summed E-state index contributed by atoms with van der Waals surface area (Å²) in [6, 6.07) is 0. The minimum Gasteiger partial charge on any atom is -0.383 e. The molecule has 0 aliphatic heterocycles. The molecule has 3 nitrogen and oxygen atoms in total. The Morgan fingerprint density at radius 1 is 0.947 bits per heavy atom. The highest BCUT2D eigenvalue weighted by atomic mass is 15.3. The van der Waals surface area contributed by atoms with Gasteiger partial charge in [0.25, 0.3) is 0 Å². The fourth-order valence-corrected chi connectivity index (χ4v) is 2.36. The van der Waals surface area contributed by atoms with Gasteiger partial charge >= 0.3 is 0 Å². The van der Waals surface area contributed by atoms with Crippen LogP contribution >= 0.6 is 0 Å². The molecule has 0 radical (unpaired) electrons. The van der Waals surface area contributed by atoms with Crippen LogP contribution in [0.2, 0.25) is 0 Å². The van der Waals surface area contributed by atoms with Crippen molar-refractivity contribution in [1.29, 1.82) is 0 Å².